The predicted molar refractivity (Wildman–Crippen MR) is 159 cm³/mol. The van der Waals surface area contributed by atoms with Crippen LogP contribution in [0.5, 0.6) is 0 Å². The van der Waals surface area contributed by atoms with Crippen LogP contribution in [0.25, 0.3) is 0 Å². The zero-order valence-electron chi connectivity index (χ0n) is 25.7. The van der Waals surface area contributed by atoms with Gasteiger partial charge in [-0.15, -0.1) is 0 Å². The number of ether oxygens (including phenoxy) is 3. The molecule has 0 aromatic heterocycles. The maximum absolute atomic E-state index is 12.6. The van der Waals surface area contributed by atoms with Crippen molar-refractivity contribution < 1.29 is 19.0 Å². The van der Waals surface area contributed by atoms with Crippen molar-refractivity contribution >= 4 is 5.91 Å². The lowest BCUT2D eigenvalue weighted by Gasteiger charge is -2.59. The Kier molecular flexibility index (Phi) is 9.56. The van der Waals surface area contributed by atoms with Crippen molar-refractivity contribution in [2.75, 3.05) is 53.6 Å². The monoisotopic (exact) mass is 584 g/mol. The van der Waals surface area contributed by atoms with E-state index >= 15 is 0 Å². The van der Waals surface area contributed by atoms with Gasteiger partial charge < -0.3 is 24.0 Å². The highest BCUT2D eigenvalue weighted by Gasteiger charge is 2.57. The molecule has 2 aliphatic carbocycles. The van der Waals surface area contributed by atoms with Gasteiger partial charge in [0.05, 0.1) is 49.6 Å². The second-order valence-corrected chi connectivity index (χ2v) is 13.8. The highest BCUT2D eigenvalue weighted by molar-refractivity contribution is 5.87. The molecule has 10 heteroatoms. The van der Waals surface area contributed by atoms with Gasteiger partial charge in [0, 0.05) is 44.7 Å². The number of likely N-dealkylation sites (N-methyl/N-ethyl adjacent to an activating group) is 1. The summed E-state index contributed by atoms with van der Waals surface area (Å²) in [4.78, 5) is 19.3. The van der Waals surface area contributed by atoms with Gasteiger partial charge in [0.25, 0.3) is 0 Å². The number of hydrogen-bond acceptors (Lipinski definition) is 9. The molecule has 10 atom stereocenters. The smallest absolute Gasteiger partial charge is 0.246 e. The quantitative estimate of drug-likeness (QED) is 0.437. The van der Waals surface area contributed by atoms with E-state index < -0.39 is 0 Å². The van der Waals surface area contributed by atoms with E-state index in [0.717, 1.165) is 39.0 Å². The van der Waals surface area contributed by atoms with Crippen LogP contribution in [0, 0.1) is 29.1 Å². The van der Waals surface area contributed by atoms with Gasteiger partial charge in [-0.2, -0.15) is 5.26 Å². The summed E-state index contributed by atoms with van der Waals surface area (Å²) in [7, 11) is 4.08. The average Bonchev–Trinajstić information content (AvgIpc) is 3.43. The molecule has 0 aromatic rings. The number of amides is 1. The Morgan fingerprint density at radius 1 is 1.12 bits per heavy atom. The van der Waals surface area contributed by atoms with Gasteiger partial charge in [-0.05, 0) is 76.5 Å². The van der Waals surface area contributed by atoms with E-state index in [1.807, 2.05) is 12.0 Å². The van der Waals surface area contributed by atoms with E-state index in [9.17, 15) is 10.1 Å². The number of likely N-dealkylation sites (tertiary alicyclic amines) is 1. The number of nitrogens with one attached hydrogen (secondary N) is 2. The van der Waals surface area contributed by atoms with Gasteiger partial charge in [0.2, 0.25) is 5.91 Å². The standard InChI is InChI=1S/C32H52N6O4/c1-4-28(39)38-17-16-37(19-23(38)12-14-33)30-26-11-13-32(29(40-3)25-10-6-5-8-22(25)20-42-32)18-27(26)34-31(35-30)41-21-24-9-7-15-36(24)2/h4,22-27,29-31,34-35H,1,5-13,15-21H2,2-3H3/t22?,23?,24?,25?,26?,27?,29?,30?,31?,32-/m1/s1. The minimum atomic E-state index is -0.269. The van der Waals surface area contributed by atoms with Gasteiger partial charge in [-0.1, -0.05) is 19.4 Å². The van der Waals surface area contributed by atoms with Crippen LogP contribution in [-0.2, 0) is 19.0 Å². The van der Waals surface area contributed by atoms with E-state index in [4.69, 9.17) is 14.2 Å². The minimum Gasteiger partial charge on any atom is -0.378 e. The van der Waals surface area contributed by atoms with E-state index in [1.54, 1.807) is 0 Å². The molecule has 6 aliphatic rings. The van der Waals surface area contributed by atoms with Crippen molar-refractivity contribution in [3.05, 3.63) is 12.7 Å². The molecule has 4 heterocycles. The van der Waals surface area contributed by atoms with Crippen molar-refractivity contribution in [2.45, 2.75) is 107 Å². The Hall–Kier alpha value is -1.58. The highest BCUT2D eigenvalue weighted by atomic mass is 16.6. The molecule has 4 saturated heterocycles. The molecule has 0 radical (unpaired) electrons. The summed E-state index contributed by atoms with van der Waals surface area (Å²) in [5.74, 6) is 1.47. The summed E-state index contributed by atoms with van der Waals surface area (Å²) >= 11 is 0. The predicted octanol–water partition coefficient (Wildman–Crippen LogP) is 2.27. The van der Waals surface area contributed by atoms with E-state index in [-0.39, 0.29) is 42.2 Å². The zero-order chi connectivity index (χ0) is 29.3. The molecule has 9 unspecified atom stereocenters. The van der Waals surface area contributed by atoms with Crippen molar-refractivity contribution in [2.24, 2.45) is 17.8 Å². The Morgan fingerprint density at radius 2 is 1.98 bits per heavy atom. The van der Waals surface area contributed by atoms with Crippen LogP contribution in [0.2, 0.25) is 0 Å². The third-order valence-corrected chi connectivity index (χ3v) is 11.6. The summed E-state index contributed by atoms with van der Waals surface area (Å²) in [6.45, 7) is 8.38. The fourth-order valence-electron chi connectivity index (χ4n) is 9.37. The molecular weight excluding hydrogens is 532 g/mol. The molecule has 4 aliphatic heterocycles. The van der Waals surface area contributed by atoms with Crippen LogP contribution in [0.15, 0.2) is 12.7 Å². The van der Waals surface area contributed by atoms with Crippen molar-refractivity contribution in [3.63, 3.8) is 0 Å². The second kappa shape index (κ2) is 13.2. The number of methoxy groups -OCH3 is 1. The number of nitriles is 1. The largest absolute Gasteiger partial charge is 0.378 e. The molecule has 0 aromatic carbocycles. The van der Waals surface area contributed by atoms with Crippen LogP contribution >= 0.6 is 0 Å². The lowest BCUT2D eigenvalue weighted by atomic mass is 9.63. The number of carbonyl (C=O) groups excluding carboxylic acids is 1. The first-order chi connectivity index (χ1) is 20.5. The van der Waals surface area contributed by atoms with Gasteiger partial charge >= 0.3 is 0 Å². The van der Waals surface area contributed by atoms with E-state index in [2.05, 4.69) is 40.1 Å². The molecule has 1 amide bonds. The van der Waals surface area contributed by atoms with Crippen molar-refractivity contribution in [3.8, 4) is 6.07 Å². The van der Waals surface area contributed by atoms with Crippen LogP contribution < -0.4 is 10.6 Å². The lowest BCUT2D eigenvalue weighted by Crippen LogP contribution is -2.74. The Bertz CT molecular complexity index is 1010. The number of fused-ring (bicyclic) bond motifs is 2. The van der Waals surface area contributed by atoms with Crippen LogP contribution in [-0.4, -0.2) is 117 Å². The van der Waals surface area contributed by atoms with E-state index in [1.165, 1.54) is 44.6 Å². The zero-order valence-corrected chi connectivity index (χ0v) is 25.7. The molecule has 2 saturated carbocycles. The second-order valence-electron chi connectivity index (χ2n) is 13.8. The van der Waals surface area contributed by atoms with Crippen molar-refractivity contribution in [1.82, 2.24) is 25.3 Å². The maximum Gasteiger partial charge on any atom is 0.246 e. The summed E-state index contributed by atoms with van der Waals surface area (Å²) in [6.07, 6.45) is 12.1. The highest BCUT2D eigenvalue weighted by Crippen LogP contribution is 2.50. The average molecular weight is 585 g/mol. The molecule has 234 valence electrons. The summed E-state index contributed by atoms with van der Waals surface area (Å²) in [5.41, 5.74) is -0.266. The van der Waals surface area contributed by atoms with Crippen molar-refractivity contribution in [1.29, 1.82) is 5.26 Å². The fraction of sp³-hybridized carbons (Fsp3) is 0.875. The third kappa shape index (κ3) is 5.91. The summed E-state index contributed by atoms with van der Waals surface area (Å²) in [6, 6.07) is 2.83. The Balaban J connectivity index is 1.21. The summed E-state index contributed by atoms with van der Waals surface area (Å²) in [5, 5.41) is 17.3. The van der Waals surface area contributed by atoms with Crippen LogP contribution in [0.1, 0.15) is 64.2 Å². The lowest BCUT2D eigenvalue weighted by molar-refractivity contribution is -0.242. The molecule has 6 fully saturated rings. The van der Waals surface area contributed by atoms with E-state index in [0.29, 0.717) is 49.9 Å². The molecule has 42 heavy (non-hydrogen) atoms. The van der Waals surface area contributed by atoms with Gasteiger partial charge in [-0.3, -0.25) is 20.3 Å². The Morgan fingerprint density at radius 3 is 2.74 bits per heavy atom. The normalized spacial score (nSPS) is 43.0. The van der Waals surface area contributed by atoms with Gasteiger partial charge in [-0.25, -0.2) is 0 Å². The first-order valence-corrected chi connectivity index (χ1v) is 16.5. The minimum absolute atomic E-state index is 0.0892. The van der Waals surface area contributed by atoms with Crippen LogP contribution in [0.3, 0.4) is 0 Å². The number of rotatable bonds is 7. The third-order valence-electron chi connectivity index (χ3n) is 11.6. The topological polar surface area (TPSA) is 102 Å². The first-order valence-electron chi connectivity index (χ1n) is 16.5. The number of carbonyl (C=O) groups is 1. The Labute approximate surface area is 252 Å². The molecule has 2 N–H and O–H groups in total. The first kappa shape index (κ1) is 30.4. The van der Waals surface area contributed by atoms with Gasteiger partial charge in [0.1, 0.15) is 0 Å². The number of piperazine rings is 1. The molecule has 1 spiro atoms. The maximum atomic E-state index is 12.6. The fourth-order valence-corrected chi connectivity index (χ4v) is 9.37. The SMILES string of the molecule is C=CC(=O)N1CCN(C2NC(OCC3CCCN3C)NC3C[C@@]4(CCC32)OCC2CCCCC2C4OC)CC1CC#N. The van der Waals surface area contributed by atoms with Gasteiger partial charge in [0.15, 0.2) is 6.35 Å². The molecule has 6 rings (SSSR count). The molecule has 0 bridgehead atoms. The molecule has 10 nitrogen and oxygen atoms in total. The summed E-state index contributed by atoms with van der Waals surface area (Å²) < 4.78 is 19.8. The van der Waals surface area contributed by atoms with Crippen LogP contribution in [0.4, 0.5) is 0 Å². The number of nitrogens with zero attached hydrogens (tertiary/aromatic N) is 4. The molecular formula is C32H52N6O4. The number of hydrogen-bond donors (Lipinski definition) is 2.